The molecule has 1 heterocycles. The number of likely N-dealkylation sites (N-methyl/N-ethyl adjacent to an activating group) is 1. The first kappa shape index (κ1) is 17.9. The van der Waals surface area contributed by atoms with Crippen molar-refractivity contribution in [3.8, 4) is 0 Å². The fourth-order valence-electron chi connectivity index (χ4n) is 3.24. The van der Waals surface area contributed by atoms with Crippen molar-refractivity contribution >= 4 is 23.1 Å². The number of rotatable bonds is 5. The van der Waals surface area contributed by atoms with Crippen LogP contribution in [0.5, 0.6) is 0 Å². The Morgan fingerprint density at radius 3 is 2.23 bits per heavy atom. The van der Waals surface area contributed by atoms with E-state index in [0.29, 0.717) is 17.8 Å². The molecular weight excluding hydrogens is 324 g/mol. The zero-order chi connectivity index (χ0) is 18.8. The molecule has 0 spiro atoms. The molecule has 0 radical (unpaired) electrons. The van der Waals surface area contributed by atoms with Crippen LogP contribution in [0.15, 0.2) is 54.2 Å². The van der Waals surface area contributed by atoms with Crippen molar-refractivity contribution < 1.29 is 9.59 Å². The van der Waals surface area contributed by atoms with Gasteiger partial charge in [0.1, 0.15) is 5.70 Å². The van der Waals surface area contributed by atoms with Crippen LogP contribution in [0.4, 0.5) is 5.69 Å². The molecule has 26 heavy (non-hydrogen) atoms. The first-order chi connectivity index (χ1) is 12.5. The third-order valence-electron chi connectivity index (χ3n) is 4.87. The highest BCUT2D eigenvalue weighted by molar-refractivity contribution is 6.36. The minimum Gasteiger partial charge on any atom is -0.339 e. The molecule has 0 N–H and O–H groups in total. The topological polar surface area (TPSA) is 40.6 Å². The number of imide groups is 1. The van der Waals surface area contributed by atoms with E-state index >= 15 is 0 Å². The van der Waals surface area contributed by atoms with E-state index in [1.165, 1.54) is 4.90 Å². The second-order valence-corrected chi connectivity index (χ2v) is 6.68. The lowest BCUT2D eigenvalue weighted by atomic mass is 9.99. The summed E-state index contributed by atoms with van der Waals surface area (Å²) >= 11 is 0. The minimum atomic E-state index is -0.226. The molecule has 2 amide bonds. The molecule has 0 saturated carbocycles. The number of anilines is 1. The standard InChI is InChI=1S/C22H24N2O2/c1-5-13-24-21(25)19(17-12-11-15(2)16(3)14-17)20(22(24)26)23(4)18-9-7-6-8-10-18/h6-12,14H,5,13H2,1-4H3. The van der Waals surface area contributed by atoms with Crippen molar-refractivity contribution in [2.45, 2.75) is 27.2 Å². The minimum absolute atomic E-state index is 0.210. The first-order valence-electron chi connectivity index (χ1n) is 8.92. The Morgan fingerprint density at radius 2 is 1.62 bits per heavy atom. The van der Waals surface area contributed by atoms with Gasteiger partial charge in [0.2, 0.25) is 0 Å². The Labute approximate surface area is 154 Å². The van der Waals surface area contributed by atoms with Crippen molar-refractivity contribution in [2.75, 3.05) is 18.5 Å². The summed E-state index contributed by atoms with van der Waals surface area (Å²) in [4.78, 5) is 29.3. The molecule has 0 aromatic heterocycles. The highest BCUT2D eigenvalue weighted by Gasteiger charge is 2.40. The maximum Gasteiger partial charge on any atom is 0.278 e. The van der Waals surface area contributed by atoms with Crippen LogP contribution in [0.1, 0.15) is 30.0 Å². The molecule has 1 aliphatic heterocycles. The van der Waals surface area contributed by atoms with E-state index in [2.05, 4.69) is 0 Å². The Kier molecular flexibility index (Phi) is 4.94. The number of nitrogens with zero attached hydrogens (tertiary/aromatic N) is 2. The van der Waals surface area contributed by atoms with Crippen LogP contribution in [0.2, 0.25) is 0 Å². The highest BCUT2D eigenvalue weighted by atomic mass is 16.2. The number of amides is 2. The van der Waals surface area contributed by atoms with Crippen LogP contribution in [-0.4, -0.2) is 30.3 Å². The zero-order valence-corrected chi connectivity index (χ0v) is 15.7. The second-order valence-electron chi connectivity index (χ2n) is 6.68. The molecule has 2 aromatic carbocycles. The van der Waals surface area contributed by atoms with Crippen molar-refractivity contribution in [3.63, 3.8) is 0 Å². The van der Waals surface area contributed by atoms with Gasteiger partial charge in [0.05, 0.1) is 5.57 Å². The lowest BCUT2D eigenvalue weighted by Gasteiger charge is -2.21. The fourth-order valence-corrected chi connectivity index (χ4v) is 3.24. The van der Waals surface area contributed by atoms with Gasteiger partial charge in [0.25, 0.3) is 11.8 Å². The van der Waals surface area contributed by atoms with E-state index in [1.54, 1.807) is 0 Å². The van der Waals surface area contributed by atoms with Crippen LogP contribution < -0.4 is 4.90 Å². The highest BCUT2D eigenvalue weighted by Crippen LogP contribution is 2.34. The van der Waals surface area contributed by atoms with E-state index in [0.717, 1.165) is 28.8 Å². The third kappa shape index (κ3) is 3.03. The molecule has 3 rings (SSSR count). The monoisotopic (exact) mass is 348 g/mol. The molecule has 0 atom stereocenters. The lowest BCUT2D eigenvalue weighted by molar-refractivity contribution is -0.136. The SMILES string of the molecule is CCCN1C(=O)C(c2ccc(C)c(C)c2)=C(N(C)c2ccccc2)C1=O. The molecule has 4 nitrogen and oxygen atoms in total. The zero-order valence-electron chi connectivity index (χ0n) is 15.7. The van der Waals surface area contributed by atoms with Gasteiger partial charge in [-0.2, -0.15) is 0 Å². The van der Waals surface area contributed by atoms with Gasteiger partial charge in [-0.05, 0) is 49.1 Å². The Morgan fingerprint density at radius 1 is 0.923 bits per heavy atom. The van der Waals surface area contributed by atoms with Crippen LogP contribution >= 0.6 is 0 Å². The summed E-state index contributed by atoms with van der Waals surface area (Å²) in [7, 11) is 1.84. The van der Waals surface area contributed by atoms with Gasteiger partial charge in [0.15, 0.2) is 0 Å². The fraction of sp³-hybridized carbons (Fsp3) is 0.273. The number of para-hydroxylation sites is 1. The molecule has 1 aliphatic rings. The molecule has 0 saturated heterocycles. The molecule has 0 bridgehead atoms. The summed E-state index contributed by atoms with van der Waals surface area (Å²) < 4.78 is 0. The van der Waals surface area contributed by atoms with Gasteiger partial charge >= 0.3 is 0 Å². The molecule has 0 fully saturated rings. The lowest BCUT2D eigenvalue weighted by Crippen LogP contribution is -2.34. The summed E-state index contributed by atoms with van der Waals surface area (Å²) in [6.07, 6.45) is 0.736. The predicted octanol–water partition coefficient (Wildman–Crippen LogP) is 3.93. The van der Waals surface area contributed by atoms with E-state index in [9.17, 15) is 9.59 Å². The first-order valence-corrected chi connectivity index (χ1v) is 8.92. The van der Waals surface area contributed by atoms with Gasteiger partial charge in [0, 0.05) is 19.3 Å². The molecule has 0 aliphatic carbocycles. The van der Waals surface area contributed by atoms with Gasteiger partial charge in [-0.1, -0.05) is 43.3 Å². The number of aryl methyl sites for hydroxylation is 2. The molecule has 0 unspecified atom stereocenters. The average molecular weight is 348 g/mol. The summed E-state index contributed by atoms with van der Waals surface area (Å²) in [6, 6.07) is 15.6. The summed E-state index contributed by atoms with van der Waals surface area (Å²) in [5.41, 5.74) is 4.86. The van der Waals surface area contributed by atoms with Gasteiger partial charge < -0.3 is 4.90 Å². The Balaban J connectivity index is 2.17. The largest absolute Gasteiger partial charge is 0.339 e. The smallest absolute Gasteiger partial charge is 0.278 e. The van der Waals surface area contributed by atoms with E-state index in [-0.39, 0.29) is 11.8 Å². The second kappa shape index (κ2) is 7.16. The van der Waals surface area contributed by atoms with E-state index in [1.807, 2.05) is 81.2 Å². The predicted molar refractivity (Wildman–Crippen MR) is 105 cm³/mol. The van der Waals surface area contributed by atoms with E-state index in [4.69, 9.17) is 0 Å². The number of hydrogen-bond acceptors (Lipinski definition) is 3. The van der Waals surface area contributed by atoms with Gasteiger partial charge in [-0.25, -0.2) is 0 Å². The third-order valence-corrected chi connectivity index (χ3v) is 4.87. The quantitative estimate of drug-likeness (QED) is 0.769. The maximum atomic E-state index is 13.1. The van der Waals surface area contributed by atoms with Crippen molar-refractivity contribution in [3.05, 3.63) is 70.9 Å². The molecule has 4 heteroatoms. The van der Waals surface area contributed by atoms with Crippen molar-refractivity contribution in [1.82, 2.24) is 4.90 Å². The number of carbonyl (C=O) groups excluding carboxylic acids is 2. The number of carbonyl (C=O) groups is 2. The number of hydrogen-bond donors (Lipinski definition) is 0. The van der Waals surface area contributed by atoms with Crippen LogP contribution in [0, 0.1) is 13.8 Å². The Bertz CT molecular complexity index is 884. The van der Waals surface area contributed by atoms with Crippen LogP contribution in [-0.2, 0) is 9.59 Å². The Hall–Kier alpha value is -2.88. The molecule has 134 valence electrons. The average Bonchev–Trinajstić information content (AvgIpc) is 2.89. The van der Waals surface area contributed by atoms with Crippen molar-refractivity contribution in [1.29, 1.82) is 0 Å². The summed E-state index contributed by atoms with van der Waals surface area (Å²) in [5.74, 6) is -0.436. The van der Waals surface area contributed by atoms with Gasteiger partial charge in [-0.15, -0.1) is 0 Å². The van der Waals surface area contributed by atoms with Crippen LogP contribution in [0.25, 0.3) is 5.57 Å². The van der Waals surface area contributed by atoms with Gasteiger partial charge in [-0.3, -0.25) is 14.5 Å². The summed E-state index contributed by atoms with van der Waals surface area (Å²) in [5, 5.41) is 0. The summed E-state index contributed by atoms with van der Waals surface area (Å²) in [6.45, 7) is 6.45. The number of benzene rings is 2. The van der Waals surface area contributed by atoms with Crippen LogP contribution in [0.3, 0.4) is 0 Å². The van der Waals surface area contributed by atoms with Crippen molar-refractivity contribution in [2.24, 2.45) is 0 Å². The maximum absolute atomic E-state index is 13.1. The van der Waals surface area contributed by atoms with E-state index < -0.39 is 0 Å². The molecule has 2 aromatic rings. The molecular formula is C22H24N2O2. The normalized spacial score (nSPS) is 14.4.